The smallest absolute Gasteiger partial charge is 0.131 e. The Morgan fingerprint density at radius 1 is 1.00 bits per heavy atom. The average Bonchev–Trinajstić information content (AvgIpc) is 2.72. The van der Waals surface area contributed by atoms with Crippen molar-refractivity contribution in [2.45, 2.75) is 6.17 Å². The van der Waals surface area contributed by atoms with E-state index in [-0.39, 0.29) is 11.9 Å². The van der Waals surface area contributed by atoms with E-state index in [0.717, 1.165) is 16.9 Å². The van der Waals surface area contributed by atoms with Gasteiger partial charge in [0.1, 0.15) is 17.7 Å². The molecule has 0 saturated carbocycles. The van der Waals surface area contributed by atoms with Crippen molar-refractivity contribution >= 4 is 11.4 Å². The van der Waals surface area contributed by atoms with Crippen molar-refractivity contribution in [3.05, 3.63) is 48.0 Å². The molecule has 0 atom stereocenters. The molecule has 4 heteroatoms. The summed E-state index contributed by atoms with van der Waals surface area (Å²) in [7, 11) is 5.67. The van der Waals surface area contributed by atoms with Crippen LogP contribution in [0, 0.1) is 0 Å². The van der Waals surface area contributed by atoms with E-state index < -0.39 is 0 Å². The van der Waals surface area contributed by atoms with E-state index in [2.05, 4.69) is 21.9 Å². The number of fused-ring (bicyclic) bond motifs is 1. The molecule has 0 unspecified atom stereocenters. The second-order valence-electron chi connectivity index (χ2n) is 5.01. The number of aromatic hydroxyl groups is 1. The maximum absolute atomic E-state index is 10.3. The molecule has 0 fully saturated rings. The predicted molar refractivity (Wildman–Crippen MR) is 80.6 cm³/mol. The van der Waals surface area contributed by atoms with Gasteiger partial charge in [-0.2, -0.15) is 0 Å². The summed E-state index contributed by atoms with van der Waals surface area (Å²) in [5.74, 6) is 0.910. The Morgan fingerprint density at radius 2 is 1.60 bits per heavy atom. The lowest BCUT2D eigenvalue weighted by atomic mass is 10.1. The van der Waals surface area contributed by atoms with Crippen LogP contribution in [0.15, 0.2) is 42.5 Å². The Hall–Kier alpha value is -2.36. The van der Waals surface area contributed by atoms with Gasteiger partial charge in [0.25, 0.3) is 0 Å². The number of benzene rings is 2. The second kappa shape index (κ2) is 4.63. The summed E-state index contributed by atoms with van der Waals surface area (Å²) in [5, 5.41) is 10.3. The van der Waals surface area contributed by atoms with Crippen molar-refractivity contribution in [1.29, 1.82) is 0 Å². The van der Waals surface area contributed by atoms with E-state index in [0.29, 0.717) is 5.75 Å². The first-order valence-electron chi connectivity index (χ1n) is 6.55. The second-order valence-corrected chi connectivity index (χ2v) is 5.01. The molecule has 2 aromatic rings. The van der Waals surface area contributed by atoms with Gasteiger partial charge in [-0.3, -0.25) is 0 Å². The highest BCUT2D eigenvalue weighted by Crippen LogP contribution is 2.46. The highest BCUT2D eigenvalue weighted by Gasteiger charge is 2.33. The minimum absolute atomic E-state index is 0.0155. The predicted octanol–water partition coefficient (Wildman–Crippen LogP) is 2.99. The summed E-state index contributed by atoms with van der Waals surface area (Å²) in [6, 6.07) is 13.7. The van der Waals surface area contributed by atoms with E-state index in [1.165, 1.54) is 0 Å². The fraction of sp³-hybridized carbons (Fsp3) is 0.250. The number of nitrogens with zero attached hydrogens (tertiary/aromatic N) is 2. The number of ether oxygens (including phenoxy) is 1. The Morgan fingerprint density at radius 3 is 2.10 bits per heavy atom. The third-order valence-corrected chi connectivity index (χ3v) is 3.89. The van der Waals surface area contributed by atoms with Crippen molar-refractivity contribution in [2.24, 2.45) is 0 Å². The third kappa shape index (κ3) is 1.76. The first-order valence-corrected chi connectivity index (χ1v) is 6.55. The van der Waals surface area contributed by atoms with Gasteiger partial charge in [0, 0.05) is 25.7 Å². The van der Waals surface area contributed by atoms with Crippen LogP contribution >= 0.6 is 0 Å². The van der Waals surface area contributed by atoms with Crippen molar-refractivity contribution < 1.29 is 9.84 Å². The lowest BCUT2D eigenvalue weighted by molar-refractivity contribution is 0.405. The van der Waals surface area contributed by atoms with E-state index in [4.69, 9.17) is 4.74 Å². The molecule has 4 nitrogen and oxygen atoms in total. The fourth-order valence-electron chi connectivity index (χ4n) is 2.87. The standard InChI is InChI=1S/C16H18N2O2/c1-17-13-6-4-5-7-14(13)18(2)16(17)12-9-8-11(20-3)10-15(12)19/h4-10,16,19H,1-3H3. The molecule has 3 rings (SSSR count). The van der Waals surface area contributed by atoms with Crippen LogP contribution in [0.3, 0.4) is 0 Å². The molecule has 0 saturated heterocycles. The maximum atomic E-state index is 10.3. The van der Waals surface area contributed by atoms with Crippen LogP contribution in [0.1, 0.15) is 11.7 Å². The lowest BCUT2D eigenvalue weighted by Gasteiger charge is -2.28. The number of para-hydroxylation sites is 2. The minimum Gasteiger partial charge on any atom is -0.507 e. The summed E-state index contributed by atoms with van der Waals surface area (Å²) in [6.45, 7) is 0. The molecule has 2 aromatic carbocycles. The van der Waals surface area contributed by atoms with Gasteiger partial charge in [-0.1, -0.05) is 12.1 Å². The van der Waals surface area contributed by atoms with Gasteiger partial charge in [0.15, 0.2) is 0 Å². The highest BCUT2D eigenvalue weighted by molar-refractivity contribution is 5.78. The van der Waals surface area contributed by atoms with Gasteiger partial charge in [-0.15, -0.1) is 0 Å². The number of anilines is 2. The molecule has 0 radical (unpaired) electrons. The molecular weight excluding hydrogens is 252 g/mol. The zero-order valence-electron chi connectivity index (χ0n) is 11.9. The normalized spacial score (nSPS) is 14.6. The molecule has 1 heterocycles. The van der Waals surface area contributed by atoms with E-state index in [1.807, 2.05) is 38.4 Å². The number of methoxy groups -OCH3 is 1. The first kappa shape index (κ1) is 12.7. The van der Waals surface area contributed by atoms with Gasteiger partial charge < -0.3 is 19.6 Å². The molecular formula is C16H18N2O2. The molecule has 0 spiro atoms. The molecule has 1 N–H and O–H groups in total. The number of hydrogen-bond donors (Lipinski definition) is 1. The minimum atomic E-state index is -0.0155. The Bertz CT molecular complexity index is 613. The summed E-state index contributed by atoms with van der Waals surface area (Å²) in [4.78, 5) is 4.33. The molecule has 20 heavy (non-hydrogen) atoms. The average molecular weight is 270 g/mol. The van der Waals surface area contributed by atoms with Crippen LogP contribution in [0.4, 0.5) is 11.4 Å². The topological polar surface area (TPSA) is 35.9 Å². The van der Waals surface area contributed by atoms with Crippen molar-refractivity contribution in [1.82, 2.24) is 0 Å². The third-order valence-electron chi connectivity index (χ3n) is 3.89. The van der Waals surface area contributed by atoms with Crippen LogP contribution in [-0.2, 0) is 0 Å². The fourth-order valence-corrected chi connectivity index (χ4v) is 2.87. The molecule has 1 aliphatic heterocycles. The largest absolute Gasteiger partial charge is 0.507 e. The van der Waals surface area contributed by atoms with Crippen LogP contribution in [0.5, 0.6) is 11.5 Å². The van der Waals surface area contributed by atoms with Gasteiger partial charge >= 0.3 is 0 Å². The summed E-state index contributed by atoms with van der Waals surface area (Å²) in [6.07, 6.45) is -0.0155. The van der Waals surface area contributed by atoms with Crippen LogP contribution in [0.25, 0.3) is 0 Å². The van der Waals surface area contributed by atoms with E-state index in [1.54, 1.807) is 13.2 Å². The monoisotopic (exact) mass is 270 g/mol. The van der Waals surface area contributed by atoms with Crippen molar-refractivity contribution in [3.8, 4) is 11.5 Å². The Kier molecular flexibility index (Phi) is 2.93. The van der Waals surface area contributed by atoms with Gasteiger partial charge in [-0.25, -0.2) is 0 Å². The summed E-state index contributed by atoms with van der Waals surface area (Å²) in [5.41, 5.74) is 3.19. The van der Waals surface area contributed by atoms with Gasteiger partial charge in [0.05, 0.1) is 18.5 Å². The zero-order valence-corrected chi connectivity index (χ0v) is 11.9. The molecule has 104 valence electrons. The lowest BCUT2D eigenvalue weighted by Crippen LogP contribution is -2.30. The Balaban J connectivity index is 2.04. The maximum Gasteiger partial charge on any atom is 0.131 e. The SMILES string of the molecule is COc1ccc(C2N(C)c3ccccc3N2C)c(O)c1. The van der Waals surface area contributed by atoms with E-state index >= 15 is 0 Å². The quantitative estimate of drug-likeness (QED) is 0.910. The number of hydrogen-bond acceptors (Lipinski definition) is 4. The highest BCUT2D eigenvalue weighted by atomic mass is 16.5. The zero-order chi connectivity index (χ0) is 14.3. The van der Waals surface area contributed by atoms with Gasteiger partial charge in [-0.05, 0) is 24.3 Å². The summed E-state index contributed by atoms with van der Waals surface area (Å²) < 4.78 is 5.14. The molecule has 0 aliphatic carbocycles. The summed E-state index contributed by atoms with van der Waals surface area (Å²) >= 11 is 0. The van der Waals surface area contributed by atoms with Crippen LogP contribution < -0.4 is 14.5 Å². The van der Waals surface area contributed by atoms with Gasteiger partial charge in [0.2, 0.25) is 0 Å². The molecule has 0 amide bonds. The van der Waals surface area contributed by atoms with Crippen LogP contribution in [-0.4, -0.2) is 26.3 Å². The van der Waals surface area contributed by atoms with Crippen molar-refractivity contribution in [3.63, 3.8) is 0 Å². The van der Waals surface area contributed by atoms with Crippen molar-refractivity contribution in [2.75, 3.05) is 31.0 Å². The molecule has 0 bridgehead atoms. The Labute approximate surface area is 118 Å². The number of phenols is 1. The number of rotatable bonds is 2. The molecule has 0 aromatic heterocycles. The number of phenolic OH excluding ortho intramolecular Hbond substituents is 1. The first-order chi connectivity index (χ1) is 9.63. The van der Waals surface area contributed by atoms with Crippen LogP contribution in [0.2, 0.25) is 0 Å². The molecule has 1 aliphatic rings. The van der Waals surface area contributed by atoms with E-state index in [9.17, 15) is 5.11 Å².